The number of nitrogens with zero attached hydrogens (tertiary/aromatic N) is 4. The van der Waals surface area contributed by atoms with Gasteiger partial charge in [0.25, 0.3) is 0 Å². The Morgan fingerprint density at radius 3 is 2.48 bits per heavy atom. The van der Waals surface area contributed by atoms with Gasteiger partial charge in [0.2, 0.25) is 5.91 Å². The molecule has 0 aliphatic heterocycles. The Hall–Kier alpha value is -2.89. The molecule has 0 bridgehead atoms. The van der Waals surface area contributed by atoms with Crippen LogP contribution in [-0.4, -0.2) is 39.5 Å². The molecule has 2 heterocycles. The fraction of sp³-hybridized carbons (Fsp3) is 0.316. The molecule has 6 nitrogen and oxygen atoms in total. The average Bonchev–Trinajstić information content (AvgIpc) is 2.88. The minimum atomic E-state index is -0.494. The largest absolute Gasteiger partial charge is 0.355 e. The van der Waals surface area contributed by atoms with Crippen LogP contribution < -0.4 is 5.32 Å². The normalized spacial score (nSPS) is 12.2. The van der Waals surface area contributed by atoms with E-state index in [-0.39, 0.29) is 5.91 Å². The van der Waals surface area contributed by atoms with Gasteiger partial charge in [-0.2, -0.15) is 9.61 Å². The molecule has 25 heavy (non-hydrogen) atoms. The zero-order valence-corrected chi connectivity index (χ0v) is 15.2. The maximum atomic E-state index is 12.8. The molecule has 0 unspecified atom stereocenters. The Balaban J connectivity index is 2.10. The fourth-order valence-electron chi connectivity index (χ4n) is 2.79. The number of benzene rings is 1. The summed E-state index contributed by atoms with van der Waals surface area (Å²) in [6.07, 6.45) is 0. The second-order valence-electron chi connectivity index (χ2n) is 6.45. The van der Waals surface area contributed by atoms with Gasteiger partial charge in [0, 0.05) is 31.4 Å². The number of rotatable bonds is 4. The van der Waals surface area contributed by atoms with E-state index in [2.05, 4.69) is 15.4 Å². The van der Waals surface area contributed by atoms with Crippen molar-refractivity contribution in [1.29, 1.82) is 0 Å². The summed E-state index contributed by atoms with van der Waals surface area (Å²) >= 11 is 0. The van der Waals surface area contributed by atoms with Crippen LogP contribution in [0.15, 0.2) is 36.4 Å². The molecular formula is C19H23N5O. The summed E-state index contributed by atoms with van der Waals surface area (Å²) in [5.74, 6) is 0.733. The number of likely N-dealkylation sites (N-methyl/N-ethyl adjacent to an activating group) is 1. The van der Waals surface area contributed by atoms with Crippen molar-refractivity contribution < 1.29 is 4.79 Å². The third-order valence-electron chi connectivity index (χ3n) is 4.30. The lowest BCUT2D eigenvalue weighted by Gasteiger charge is -2.23. The standard InChI is InChI=1S/C19H23N5O/c1-12-11-16(24-18(20-12)13(2)14(3)22-24)21-17(19(25)23(4)5)15-9-7-6-8-10-15/h6-11,17,21H,1-5H3/t17-/m1/s1. The van der Waals surface area contributed by atoms with Crippen LogP contribution in [0.5, 0.6) is 0 Å². The van der Waals surface area contributed by atoms with E-state index in [1.165, 1.54) is 0 Å². The highest BCUT2D eigenvalue weighted by molar-refractivity contribution is 5.85. The van der Waals surface area contributed by atoms with Gasteiger partial charge in [0.15, 0.2) is 5.65 Å². The molecule has 0 radical (unpaired) electrons. The van der Waals surface area contributed by atoms with Crippen molar-refractivity contribution in [3.8, 4) is 0 Å². The van der Waals surface area contributed by atoms with Gasteiger partial charge in [-0.25, -0.2) is 4.98 Å². The molecule has 0 aliphatic carbocycles. The van der Waals surface area contributed by atoms with Gasteiger partial charge in [-0.1, -0.05) is 30.3 Å². The van der Waals surface area contributed by atoms with Crippen molar-refractivity contribution in [1.82, 2.24) is 19.5 Å². The predicted molar refractivity (Wildman–Crippen MR) is 98.7 cm³/mol. The first-order valence-electron chi connectivity index (χ1n) is 8.24. The van der Waals surface area contributed by atoms with Crippen molar-refractivity contribution in [3.05, 3.63) is 58.9 Å². The minimum absolute atomic E-state index is 0.0191. The van der Waals surface area contributed by atoms with E-state index in [0.29, 0.717) is 0 Å². The highest BCUT2D eigenvalue weighted by Gasteiger charge is 2.23. The summed E-state index contributed by atoms with van der Waals surface area (Å²) in [6.45, 7) is 5.91. The molecule has 0 fully saturated rings. The van der Waals surface area contributed by atoms with Crippen LogP contribution in [0.2, 0.25) is 0 Å². The Labute approximate surface area is 147 Å². The van der Waals surface area contributed by atoms with E-state index in [1.54, 1.807) is 23.5 Å². The van der Waals surface area contributed by atoms with Crippen molar-refractivity contribution >= 4 is 17.4 Å². The smallest absolute Gasteiger partial charge is 0.249 e. The van der Waals surface area contributed by atoms with Gasteiger partial charge >= 0.3 is 0 Å². The SMILES string of the molecule is Cc1cc(N[C@@H](C(=O)N(C)C)c2ccccc2)n2nc(C)c(C)c2n1. The molecule has 0 aliphatic rings. The van der Waals surface area contributed by atoms with E-state index in [0.717, 1.165) is 34.0 Å². The summed E-state index contributed by atoms with van der Waals surface area (Å²) in [7, 11) is 3.52. The predicted octanol–water partition coefficient (Wildman–Crippen LogP) is 2.90. The second kappa shape index (κ2) is 6.55. The molecule has 1 amide bonds. The molecule has 0 saturated heterocycles. The maximum Gasteiger partial charge on any atom is 0.249 e. The summed E-state index contributed by atoms with van der Waals surface area (Å²) in [6, 6.07) is 11.1. The third-order valence-corrected chi connectivity index (χ3v) is 4.30. The van der Waals surface area contributed by atoms with Crippen LogP contribution in [0, 0.1) is 20.8 Å². The number of fused-ring (bicyclic) bond motifs is 1. The lowest BCUT2D eigenvalue weighted by atomic mass is 10.1. The molecule has 1 aromatic carbocycles. The zero-order chi connectivity index (χ0) is 18.1. The van der Waals surface area contributed by atoms with Crippen LogP contribution in [0.3, 0.4) is 0 Å². The van der Waals surface area contributed by atoms with E-state index < -0.39 is 6.04 Å². The Morgan fingerprint density at radius 2 is 1.84 bits per heavy atom. The van der Waals surface area contributed by atoms with Gasteiger partial charge in [-0.3, -0.25) is 4.79 Å². The van der Waals surface area contributed by atoms with Crippen molar-refractivity contribution in [3.63, 3.8) is 0 Å². The summed E-state index contributed by atoms with van der Waals surface area (Å²) < 4.78 is 1.77. The lowest BCUT2D eigenvalue weighted by Crippen LogP contribution is -2.33. The fourth-order valence-corrected chi connectivity index (χ4v) is 2.79. The van der Waals surface area contributed by atoms with Crippen LogP contribution in [0.4, 0.5) is 5.82 Å². The van der Waals surface area contributed by atoms with E-state index in [9.17, 15) is 4.79 Å². The monoisotopic (exact) mass is 337 g/mol. The topological polar surface area (TPSA) is 62.5 Å². The first-order valence-corrected chi connectivity index (χ1v) is 8.24. The quantitative estimate of drug-likeness (QED) is 0.795. The number of carbonyl (C=O) groups is 1. The number of carbonyl (C=O) groups excluding carboxylic acids is 1. The highest BCUT2D eigenvalue weighted by atomic mass is 16.2. The third kappa shape index (κ3) is 3.20. The molecule has 1 N–H and O–H groups in total. The molecule has 3 rings (SSSR count). The van der Waals surface area contributed by atoms with Crippen LogP contribution in [0.25, 0.3) is 5.65 Å². The van der Waals surface area contributed by atoms with Gasteiger partial charge in [0.05, 0.1) is 5.69 Å². The molecule has 1 atom stereocenters. The van der Waals surface area contributed by atoms with E-state index in [1.807, 2.05) is 57.2 Å². The van der Waals surface area contributed by atoms with Gasteiger partial charge < -0.3 is 10.2 Å². The lowest BCUT2D eigenvalue weighted by molar-refractivity contribution is -0.129. The first-order chi connectivity index (χ1) is 11.9. The number of nitrogens with one attached hydrogen (secondary N) is 1. The molecule has 6 heteroatoms. The Bertz CT molecular complexity index is 914. The van der Waals surface area contributed by atoms with Crippen LogP contribution in [-0.2, 0) is 4.79 Å². The number of hydrogen-bond acceptors (Lipinski definition) is 4. The molecule has 130 valence electrons. The number of amides is 1. The van der Waals surface area contributed by atoms with Crippen molar-refractivity contribution in [2.24, 2.45) is 0 Å². The van der Waals surface area contributed by atoms with E-state index in [4.69, 9.17) is 0 Å². The van der Waals surface area contributed by atoms with Crippen LogP contribution >= 0.6 is 0 Å². The molecule has 2 aromatic heterocycles. The van der Waals surface area contributed by atoms with Crippen LogP contribution in [0.1, 0.15) is 28.6 Å². The molecular weight excluding hydrogens is 314 g/mol. The second-order valence-corrected chi connectivity index (χ2v) is 6.45. The van der Waals surface area contributed by atoms with Gasteiger partial charge in [-0.05, 0) is 26.3 Å². The van der Waals surface area contributed by atoms with Crippen molar-refractivity contribution in [2.75, 3.05) is 19.4 Å². The minimum Gasteiger partial charge on any atom is -0.355 e. The Kier molecular flexibility index (Phi) is 4.44. The maximum absolute atomic E-state index is 12.8. The average molecular weight is 337 g/mol. The first kappa shape index (κ1) is 17.0. The number of hydrogen-bond donors (Lipinski definition) is 1. The summed E-state index contributed by atoms with van der Waals surface area (Å²) in [5.41, 5.74) is 4.56. The Morgan fingerprint density at radius 1 is 1.16 bits per heavy atom. The molecule has 3 aromatic rings. The highest BCUT2D eigenvalue weighted by Crippen LogP contribution is 2.24. The van der Waals surface area contributed by atoms with E-state index >= 15 is 0 Å². The number of aryl methyl sites for hydroxylation is 3. The molecule has 0 spiro atoms. The van der Waals surface area contributed by atoms with Gasteiger partial charge in [-0.15, -0.1) is 0 Å². The number of anilines is 1. The van der Waals surface area contributed by atoms with Gasteiger partial charge in [0.1, 0.15) is 11.9 Å². The number of aromatic nitrogens is 3. The zero-order valence-electron chi connectivity index (χ0n) is 15.2. The molecule has 0 saturated carbocycles. The summed E-state index contributed by atoms with van der Waals surface area (Å²) in [5, 5.41) is 7.94. The summed E-state index contributed by atoms with van der Waals surface area (Å²) in [4.78, 5) is 18.9. The van der Waals surface area contributed by atoms with Crippen molar-refractivity contribution in [2.45, 2.75) is 26.8 Å².